The third-order valence-corrected chi connectivity index (χ3v) is 5.05. The molecular weight excluding hydrogens is 220 g/mol. The minimum atomic E-state index is 0.283. The molecule has 18 heavy (non-hydrogen) atoms. The average Bonchev–Trinajstić information content (AvgIpc) is 2.69. The fourth-order valence-corrected chi connectivity index (χ4v) is 4.21. The number of likely N-dealkylation sites (tertiary alicyclic amines) is 1. The maximum Gasteiger partial charge on any atom is 0.0672 e. The molecular formula is C16H28N2. The van der Waals surface area contributed by atoms with Crippen LogP contribution in [0.1, 0.15) is 59.3 Å². The Morgan fingerprint density at radius 1 is 1.22 bits per heavy atom. The van der Waals surface area contributed by atoms with Crippen LogP contribution in [0.25, 0.3) is 0 Å². The molecule has 1 saturated carbocycles. The zero-order valence-corrected chi connectivity index (χ0v) is 12.2. The Hall–Kier alpha value is -0.550. The lowest BCUT2D eigenvalue weighted by atomic mass is 9.76. The van der Waals surface area contributed by atoms with Gasteiger partial charge in [-0.3, -0.25) is 4.90 Å². The highest BCUT2D eigenvalue weighted by Crippen LogP contribution is 2.38. The van der Waals surface area contributed by atoms with E-state index < -0.39 is 0 Å². The second-order valence-corrected chi connectivity index (χ2v) is 6.66. The number of hydrogen-bond donors (Lipinski definition) is 0. The predicted molar refractivity (Wildman–Crippen MR) is 75.1 cm³/mol. The first-order valence-electron chi connectivity index (χ1n) is 7.81. The zero-order chi connectivity index (χ0) is 13.1. The van der Waals surface area contributed by atoms with Crippen molar-refractivity contribution in [1.29, 1.82) is 5.26 Å². The van der Waals surface area contributed by atoms with Gasteiger partial charge in [-0.05, 0) is 44.4 Å². The van der Waals surface area contributed by atoms with E-state index >= 15 is 0 Å². The van der Waals surface area contributed by atoms with Gasteiger partial charge < -0.3 is 0 Å². The first kappa shape index (κ1) is 13.9. The first-order chi connectivity index (χ1) is 8.65. The minimum absolute atomic E-state index is 0.283. The average molecular weight is 248 g/mol. The van der Waals surface area contributed by atoms with Crippen LogP contribution < -0.4 is 0 Å². The monoisotopic (exact) mass is 248 g/mol. The van der Waals surface area contributed by atoms with Crippen molar-refractivity contribution in [2.24, 2.45) is 17.8 Å². The van der Waals surface area contributed by atoms with E-state index in [1.54, 1.807) is 0 Å². The topological polar surface area (TPSA) is 27.0 Å². The van der Waals surface area contributed by atoms with Crippen molar-refractivity contribution in [2.75, 3.05) is 6.54 Å². The van der Waals surface area contributed by atoms with Crippen LogP contribution in [0.2, 0.25) is 0 Å². The van der Waals surface area contributed by atoms with Crippen molar-refractivity contribution < 1.29 is 0 Å². The van der Waals surface area contributed by atoms with Crippen LogP contribution >= 0.6 is 0 Å². The van der Waals surface area contributed by atoms with Gasteiger partial charge in [0.25, 0.3) is 0 Å². The molecule has 1 saturated heterocycles. The molecule has 0 amide bonds. The van der Waals surface area contributed by atoms with E-state index in [2.05, 4.69) is 31.7 Å². The molecule has 1 aliphatic carbocycles. The van der Waals surface area contributed by atoms with Gasteiger partial charge in [0, 0.05) is 18.6 Å². The second kappa shape index (κ2) is 6.06. The molecule has 2 fully saturated rings. The molecule has 0 aromatic heterocycles. The summed E-state index contributed by atoms with van der Waals surface area (Å²) in [5.74, 6) is 1.96. The van der Waals surface area contributed by atoms with Gasteiger partial charge in [0.05, 0.1) is 12.0 Å². The fraction of sp³-hybridized carbons (Fsp3) is 0.938. The molecule has 0 radical (unpaired) electrons. The maximum absolute atomic E-state index is 9.41. The summed E-state index contributed by atoms with van der Waals surface area (Å²) < 4.78 is 0. The van der Waals surface area contributed by atoms with Gasteiger partial charge in [0.1, 0.15) is 0 Å². The van der Waals surface area contributed by atoms with Crippen molar-refractivity contribution >= 4 is 0 Å². The SMILES string of the molecule is CCCC1CCC(C#N)C(N2CC(C)CC2C)C1. The van der Waals surface area contributed by atoms with Crippen LogP contribution in [-0.4, -0.2) is 23.5 Å². The van der Waals surface area contributed by atoms with Gasteiger partial charge in [-0.2, -0.15) is 5.26 Å². The first-order valence-corrected chi connectivity index (χ1v) is 7.81. The van der Waals surface area contributed by atoms with Crippen molar-refractivity contribution in [2.45, 2.75) is 71.4 Å². The van der Waals surface area contributed by atoms with Crippen molar-refractivity contribution in [3.05, 3.63) is 0 Å². The molecule has 2 nitrogen and oxygen atoms in total. The smallest absolute Gasteiger partial charge is 0.0672 e. The van der Waals surface area contributed by atoms with E-state index in [-0.39, 0.29) is 5.92 Å². The summed E-state index contributed by atoms with van der Waals surface area (Å²) in [7, 11) is 0. The van der Waals surface area contributed by atoms with Gasteiger partial charge >= 0.3 is 0 Å². The summed E-state index contributed by atoms with van der Waals surface area (Å²) in [5.41, 5.74) is 0. The molecule has 2 aliphatic rings. The molecule has 102 valence electrons. The lowest BCUT2D eigenvalue weighted by Gasteiger charge is -2.40. The molecule has 5 atom stereocenters. The Balaban J connectivity index is 2.04. The molecule has 1 aliphatic heterocycles. The standard InChI is InChI=1S/C16H28N2/c1-4-5-14-6-7-15(10-17)16(9-14)18-11-12(2)8-13(18)3/h12-16H,4-9,11H2,1-3H3. The van der Waals surface area contributed by atoms with E-state index in [9.17, 15) is 5.26 Å². The Labute approximate surface area is 112 Å². The largest absolute Gasteiger partial charge is 0.296 e. The Morgan fingerprint density at radius 3 is 2.56 bits per heavy atom. The number of nitrogens with zero attached hydrogens (tertiary/aromatic N) is 2. The molecule has 0 aromatic carbocycles. The molecule has 0 spiro atoms. The molecule has 2 rings (SSSR count). The van der Waals surface area contributed by atoms with Gasteiger partial charge in [0.15, 0.2) is 0 Å². The third kappa shape index (κ3) is 2.88. The van der Waals surface area contributed by atoms with Crippen molar-refractivity contribution in [3.8, 4) is 6.07 Å². The van der Waals surface area contributed by atoms with Crippen LogP contribution in [0.5, 0.6) is 0 Å². The fourth-order valence-electron chi connectivity index (χ4n) is 4.21. The lowest BCUT2D eigenvalue weighted by molar-refractivity contribution is 0.0910. The zero-order valence-electron chi connectivity index (χ0n) is 12.2. The summed E-state index contributed by atoms with van der Waals surface area (Å²) in [5, 5.41) is 9.41. The van der Waals surface area contributed by atoms with Crippen molar-refractivity contribution in [1.82, 2.24) is 4.90 Å². The van der Waals surface area contributed by atoms with E-state index in [1.807, 2.05) is 0 Å². The molecule has 0 N–H and O–H groups in total. The van der Waals surface area contributed by atoms with E-state index in [1.165, 1.54) is 38.6 Å². The quantitative estimate of drug-likeness (QED) is 0.759. The summed E-state index contributed by atoms with van der Waals surface area (Å²) in [6, 6.07) is 3.81. The highest BCUT2D eigenvalue weighted by molar-refractivity contribution is 5.00. The number of hydrogen-bond acceptors (Lipinski definition) is 2. The molecule has 1 heterocycles. The minimum Gasteiger partial charge on any atom is -0.296 e. The highest BCUT2D eigenvalue weighted by Gasteiger charge is 2.39. The third-order valence-electron chi connectivity index (χ3n) is 5.05. The van der Waals surface area contributed by atoms with Gasteiger partial charge in [0.2, 0.25) is 0 Å². The van der Waals surface area contributed by atoms with Crippen LogP contribution in [0.15, 0.2) is 0 Å². The molecule has 0 bridgehead atoms. The lowest BCUT2D eigenvalue weighted by Crippen LogP contribution is -2.45. The Morgan fingerprint density at radius 2 is 2.00 bits per heavy atom. The summed E-state index contributed by atoms with van der Waals surface area (Å²) in [6.07, 6.45) is 7.63. The van der Waals surface area contributed by atoms with Gasteiger partial charge in [-0.25, -0.2) is 0 Å². The highest BCUT2D eigenvalue weighted by atomic mass is 15.2. The van der Waals surface area contributed by atoms with E-state index in [4.69, 9.17) is 0 Å². The summed E-state index contributed by atoms with van der Waals surface area (Å²) in [6.45, 7) is 8.19. The van der Waals surface area contributed by atoms with E-state index in [0.717, 1.165) is 18.3 Å². The predicted octanol–water partition coefficient (Wildman–Crippen LogP) is 3.83. The van der Waals surface area contributed by atoms with Gasteiger partial charge in [-0.1, -0.05) is 26.7 Å². The van der Waals surface area contributed by atoms with Crippen LogP contribution in [0, 0.1) is 29.1 Å². The number of nitriles is 1. The second-order valence-electron chi connectivity index (χ2n) is 6.66. The number of rotatable bonds is 3. The normalized spacial score (nSPS) is 41.8. The maximum atomic E-state index is 9.41. The van der Waals surface area contributed by atoms with Crippen LogP contribution in [-0.2, 0) is 0 Å². The molecule has 5 unspecified atom stereocenters. The summed E-state index contributed by atoms with van der Waals surface area (Å²) in [4.78, 5) is 2.65. The Kier molecular flexibility index (Phi) is 4.67. The molecule has 0 aromatic rings. The van der Waals surface area contributed by atoms with Crippen LogP contribution in [0.3, 0.4) is 0 Å². The van der Waals surface area contributed by atoms with Gasteiger partial charge in [-0.15, -0.1) is 0 Å². The van der Waals surface area contributed by atoms with Crippen molar-refractivity contribution in [3.63, 3.8) is 0 Å². The van der Waals surface area contributed by atoms with Crippen LogP contribution in [0.4, 0.5) is 0 Å². The Bertz CT molecular complexity index is 307. The summed E-state index contributed by atoms with van der Waals surface area (Å²) >= 11 is 0. The molecule has 2 heteroatoms. The van der Waals surface area contributed by atoms with E-state index in [0.29, 0.717) is 12.1 Å².